The zero-order valence-corrected chi connectivity index (χ0v) is 19.8. The van der Waals surface area contributed by atoms with Crippen LogP contribution in [-0.2, 0) is 14.8 Å². The Balaban J connectivity index is 1.55. The van der Waals surface area contributed by atoms with E-state index in [9.17, 15) is 13.2 Å². The Bertz CT molecular complexity index is 858. The highest BCUT2D eigenvalue weighted by Crippen LogP contribution is 2.31. The van der Waals surface area contributed by atoms with E-state index in [-0.39, 0.29) is 28.5 Å². The van der Waals surface area contributed by atoms with Crippen molar-refractivity contribution in [1.82, 2.24) is 14.5 Å². The Kier molecular flexibility index (Phi) is 7.82. The first-order valence-electron chi connectivity index (χ1n) is 11.0. The van der Waals surface area contributed by atoms with Crippen LogP contribution in [0.25, 0.3) is 0 Å². The monoisotopic (exact) mass is 453 g/mol. The number of rotatable bonds is 7. The van der Waals surface area contributed by atoms with Crippen LogP contribution in [0.1, 0.15) is 39.5 Å². The van der Waals surface area contributed by atoms with Gasteiger partial charge >= 0.3 is 0 Å². The van der Waals surface area contributed by atoms with E-state index in [1.54, 1.807) is 12.1 Å². The van der Waals surface area contributed by atoms with Crippen LogP contribution in [-0.4, -0.2) is 76.6 Å². The van der Waals surface area contributed by atoms with Crippen LogP contribution in [0.5, 0.6) is 11.5 Å². The molecule has 0 aromatic heterocycles. The van der Waals surface area contributed by atoms with Crippen molar-refractivity contribution < 1.29 is 22.7 Å². The first-order valence-corrected chi connectivity index (χ1v) is 12.5. The van der Waals surface area contributed by atoms with Crippen LogP contribution in [0, 0.1) is 5.92 Å². The van der Waals surface area contributed by atoms with Gasteiger partial charge in [0.1, 0.15) is 16.4 Å². The number of hydrogen-bond acceptors (Lipinski definition) is 6. The van der Waals surface area contributed by atoms with Gasteiger partial charge in [0.15, 0.2) is 0 Å². The number of amides is 1. The summed E-state index contributed by atoms with van der Waals surface area (Å²) in [5, 5.41) is 0. The number of methoxy groups -OCH3 is 2. The lowest BCUT2D eigenvalue weighted by Crippen LogP contribution is -2.52. The molecule has 31 heavy (non-hydrogen) atoms. The van der Waals surface area contributed by atoms with E-state index >= 15 is 0 Å². The van der Waals surface area contributed by atoms with Gasteiger partial charge in [-0.25, -0.2) is 13.1 Å². The number of benzene rings is 1. The second-order valence-electron chi connectivity index (χ2n) is 8.64. The summed E-state index contributed by atoms with van der Waals surface area (Å²) in [6.45, 7) is 7.76. The van der Waals surface area contributed by atoms with Crippen molar-refractivity contribution in [1.29, 1.82) is 0 Å². The quantitative estimate of drug-likeness (QED) is 0.680. The summed E-state index contributed by atoms with van der Waals surface area (Å²) in [6, 6.07) is 4.98. The molecule has 1 amide bonds. The molecule has 1 heterocycles. The van der Waals surface area contributed by atoms with E-state index in [0.717, 1.165) is 26.2 Å². The van der Waals surface area contributed by atoms with E-state index in [1.807, 2.05) is 4.90 Å². The lowest BCUT2D eigenvalue weighted by Gasteiger charge is -2.39. The molecule has 1 saturated heterocycles. The maximum Gasteiger partial charge on any atom is 0.244 e. The van der Waals surface area contributed by atoms with Crippen LogP contribution < -0.4 is 14.2 Å². The smallest absolute Gasteiger partial charge is 0.244 e. The molecule has 2 aliphatic rings. The van der Waals surface area contributed by atoms with Crippen molar-refractivity contribution in [3.05, 3.63) is 18.2 Å². The van der Waals surface area contributed by atoms with Crippen molar-refractivity contribution in [3.63, 3.8) is 0 Å². The van der Waals surface area contributed by atoms with Gasteiger partial charge in [0, 0.05) is 50.2 Å². The third-order valence-corrected chi connectivity index (χ3v) is 7.97. The molecule has 0 spiro atoms. The number of hydrogen-bond donors (Lipinski definition) is 1. The number of carbonyl (C=O) groups excluding carboxylic acids is 1. The van der Waals surface area contributed by atoms with Crippen LogP contribution >= 0.6 is 0 Å². The summed E-state index contributed by atoms with van der Waals surface area (Å²) in [4.78, 5) is 17.4. The molecule has 1 saturated carbocycles. The highest BCUT2D eigenvalue weighted by atomic mass is 32.2. The molecule has 9 heteroatoms. The minimum absolute atomic E-state index is 0.0122. The van der Waals surface area contributed by atoms with Crippen molar-refractivity contribution >= 4 is 15.9 Å². The average molecular weight is 454 g/mol. The Morgan fingerprint density at radius 1 is 1.03 bits per heavy atom. The SMILES string of the molecule is COc1ccc(S(=O)(=O)NC2CCC(C(=O)N3CCN(C(C)C)CC3)CC2)c(OC)c1. The average Bonchev–Trinajstić information content (AvgIpc) is 2.78. The fourth-order valence-electron chi connectivity index (χ4n) is 4.45. The molecule has 0 radical (unpaired) electrons. The van der Waals surface area contributed by atoms with Crippen LogP contribution in [0.15, 0.2) is 23.1 Å². The highest BCUT2D eigenvalue weighted by molar-refractivity contribution is 7.89. The fraction of sp³-hybridized carbons (Fsp3) is 0.682. The van der Waals surface area contributed by atoms with E-state index < -0.39 is 10.0 Å². The van der Waals surface area contributed by atoms with Gasteiger partial charge in [0.05, 0.1) is 14.2 Å². The molecule has 1 aliphatic carbocycles. The third-order valence-electron chi connectivity index (χ3n) is 6.41. The van der Waals surface area contributed by atoms with E-state index in [1.165, 1.54) is 20.3 Å². The first-order chi connectivity index (χ1) is 14.7. The highest BCUT2D eigenvalue weighted by Gasteiger charge is 2.33. The zero-order valence-electron chi connectivity index (χ0n) is 19.0. The molecule has 0 unspecified atom stereocenters. The van der Waals surface area contributed by atoms with E-state index in [0.29, 0.717) is 37.5 Å². The number of ether oxygens (including phenoxy) is 2. The normalized spacial score (nSPS) is 23.1. The first kappa shape index (κ1) is 23.8. The summed E-state index contributed by atoms with van der Waals surface area (Å²) in [6.07, 6.45) is 2.71. The maximum absolute atomic E-state index is 12.9. The topological polar surface area (TPSA) is 88.2 Å². The van der Waals surface area contributed by atoms with Crippen molar-refractivity contribution in [2.75, 3.05) is 40.4 Å². The maximum atomic E-state index is 12.9. The summed E-state index contributed by atoms with van der Waals surface area (Å²) in [7, 11) is -0.776. The van der Waals surface area contributed by atoms with Gasteiger partial charge in [-0.2, -0.15) is 0 Å². The van der Waals surface area contributed by atoms with Gasteiger partial charge in [-0.3, -0.25) is 9.69 Å². The Labute approximate surface area is 185 Å². The van der Waals surface area contributed by atoms with Gasteiger partial charge in [0.2, 0.25) is 15.9 Å². The standard InChI is InChI=1S/C22H35N3O5S/c1-16(2)24-11-13-25(14-12-24)22(26)17-5-7-18(8-6-17)23-31(27,28)21-10-9-19(29-3)15-20(21)30-4/h9-10,15-18,23H,5-8,11-14H2,1-4H3. The van der Waals surface area contributed by atoms with Crippen molar-refractivity contribution in [2.24, 2.45) is 5.92 Å². The van der Waals surface area contributed by atoms with E-state index in [4.69, 9.17) is 9.47 Å². The second-order valence-corrected chi connectivity index (χ2v) is 10.3. The number of carbonyl (C=O) groups is 1. The van der Waals surface area contributed by atoms with Crippen LogP contribution in [0.4, 0.5) is 0 Å². The largest absolute Gasteiger partial charge is 0.497 e. The number of nitrogens with one attached hydrogen (secondary N) is 1. The van der Waals surface area contributed by atoms with Gasteiger partial charge in [-0.15, -0.1) is 0 Å². The number of piperazine rings is 1. The fourth-order valence-corrected chi connectivity index (χ4v) is 5.91. The van der Waals surface area contributed by atoms with Gasteiger partial charge < -0.3 is 14.4 Å². The molecular formula is C22H35N3O5S. The molecule has 8 nitrogen and oxygen atoms in total. The van der Waals surface area contributed by atoms with Gasteiger partial charge in [-0.05, 0) is 51.7 Å². The predicted octanol–water partition coefficient (Wildman–Crippen LogP) is 2.09. The lowest BCUT2D eigenvalue weighted by molar-refractivity contribution is -0.138. The molecule has 1 N–H and O–H groups in total. The molecule has 1 aliphatic heterocycles. The molecule has 1 aromatic rings. The van der Waals surface area contributed by atoms with Crippen LogP contribution in [0.3, 0.4) is 0 Å². The molecule has 2 fully saturated rings. The summed E-state index contributed by atoms with van der Waals surface area (Å²) in [5.74, 6) is 0.990. The zero-order chi connectivity index (χ0) is 22.6. The minimum Gasteiger partial charge on any atom is -0.497 e. The van der Waals surface area contributed by atoms with Gasteiger partial charge in [0.25, 0.3) is 0 Å². The lowest BCUT2D eigenvalue weighted by atomic mass is 9.85. The number of nitrogens with zero attached hydrogens (tertiary/aromatic N) is 2. The molecule has 0 atom stereocenters. The Morgan fingerprint density at radius 2 is 1.68 bits per heavy atom. The van der Waals surface area contributed by atoms with Crippen LogP contribution in [0.2, 0.25) is 0 Å². The van der Waals surface area contributed by atoms with E-state index in [2.05, 4.69) is 23.5 Å². The third kappa shape index (κ3) is 5.70. The summed E-state index contributed by atoms with van der Waals surface area (Å²) >= 11 is 0. The summed E-state index contributed by atoms with van der Waals surface area (Å²) < 4.78 is 39.0. The molecule has 3 rings (SSSR count). The number of sulfonamides is 1. The summed E-state index contributed by atoms with van der Waals surface area (Å²) in [5.41, 5.74) is 0. The molecule has 1 aromatic carbocycles. The molecule has 0 bridgehead atoms. The predicted molar refractivity (Wildman–Crippen MR) is 119 cm³/mol. The van der Waals surface area contributed by atoms with Crippen molar-refractivity contribution in [2.45, 2.75) is 56.5 Å². The van der Waals surface area contributed by atoms with Crippen molar-refractivity contribution in [3.8, 4) is 11.5 Å². The Hall–Kier alpha value is -1.84. The minimum atomic E-state index is -3.73. The molecular weight excluding hydrogens is 418 g/mol. The second kappa shape index (κ2) is 10.2. The van der Waals surface area contributed by atoms with Gasteiger partial charge in [-0.1, -0.05) is 0 Å². The molecule has 174 valence electrons. The Morgan fingerprint density at radius 3 is 2.23 bits per heavy atom.